The molecule has 0 bridgehead atoms. The second kappa shape index (κ2) is 9.74. The zero-order valence-electron chi connectivity index (χ0n) is 14.0. The van der Waals surface area contributed by atoms with E-state index in [1.165, 1.54) is 0 Å². The van der Waals surface area contributed by atoms with Crippen molar-refractivity contribution in [2.45, 2.75) is 18.5 Å². The highest BCUT2D eigenvalue weighted by Gasteiger charge is 2.24. The third-order valence-corrected chi connectivity index (χ3v) is 4.64. The standard InChI is InChI=1S/C19H20N2O4S/c20-15(11-13-7-3-1-4-8-13)17(22)21-16(18(23)24)12-26-19(25)14-9-5-2-6-10-14/h1-10,15-16H,11-12,20H2,(H,21,22)(H,23,24)/t15-,16-/m0/s1. The van der Waals surface area contributed by atoms with E-state index in [0.717, 1.165) is 17.3 Å². The zero-order valence-corrected chi connectivity index (χ0v) is 14.8. The van der Waals surface area contributed by atoms with Crippen LogP contribution in [0.15, 0.2) is 60.7 Å². The maximum absolute atomic E-state index is 12.2. The van der Waals surface area contributed by atoms with Crippen LogP contribution in [-0.2, 0) is 16.0 Å². The lowest BCUT2D eigenvalue weighted by Crippen LogP contribution is -2.50. The molecule has 0 heterocycles. The molecule has 0 aliphatic rings. The molecule has 7 heteroatoms. The van der Waals surface area contributed by atoms with Crippen LogP contribution in [0.2, 0.25) is 0 Å². The van der Waals surface area contributed by atoms with Crippen LogP contribution >= 0.6 is 11.8 Å². The van der Waals surface area contributed by atoms with Crippen LogP contribution in [0.25, 0.3) is 0 Å². The van der Waals surface area contributed by atoms with Crippen LogP contribution in [0.1, 0.15) is 15.9 Å². The predicted molar refractivity (Wildman–Crippen MR) is 101 cm³/mol. The van der Waals surface area contributed by atoms with Crippen LogP contribution in [0.3, 0.4) is 0 Å². The summed E-state index contributed by atoms with van der Waals surface area (Å²) in [6.07, 6.45) is 0.301. The molecule has 0 saturated carbocycles. The number of benzene rings is 2. The van der Waals surface area contributed by atoms with E-state index in [9.17, 15) is 19.5 Å². The summed E-state index contributed by atoms with van der Waals surface area (Å²) in [6.45, 7) is 0. The Bertz CT molecular complexity index is 753. The first-order chi connectivity index (χ1) is 12.5. The molecule has 0 unspecified atom stereocenters. The monoisotopic (exact) mass is 372 g/mol. The summed E-state index contributed by atoms with van der Waals surface area (Å²) < 4.78 is 0. The average molecular weight is 372 g/mol. The minimum Gasteiger partial charge on any atom is -0.480 e. The van der Waals surface area contributed by atoms with Crippen molar-refractivity contribution in [1.82, 2.24) is 5.32 Å². The Morgan fingerprint density at radius 1 is 1.00 bits per heavy atom. The van der Waals surface area contributed by atoms with Gasteiger partial charge in [0.05, 0.1) is 6.04 Å². The molecule has 0 aliphatic heterocycles. The minimum absolute atomic E-state index is 0.0765. The van der Waals surface area contributed by atoms with Gasteiger partial charge in [0.1, 0.15) is 6.04 Å². The van der Waals surface area contributed by atoms with Crippen LogP contribution < -0.4 is 11.1 Å². The third-order valence-electron chi connectivity index (χ3n) is 3.64. The molecule has 2 atom stereocenters. The summed E-state index contributed by atoms with van der Waals surface area (Å²) in [5, 5.41) is 11.5. The van der Waals surface area contributed by atoms with Crippen LogP contribution in [0.4, 0.5) is 0 Å². The zero-order chi connectivity index (χ0) is 18.9. The number of nitrogens with two attached hydrogens (primary N) is 1. The lowest BCUT2D eigenvalue weighted by atomic mass is 10.1. The van der Waals surface area contributed by atoms with E-state index in [1.54, 1.807) is 30.3 Å². The molecule has 26 heavy (non-hydrogen) atoms. The smallest absolute Gasteiger partial charge is 0.327 e. The lowest BCUT2D eigenvalue weighted by Gasteiger charge is -2.17. The molecule has 0 radical (unpaired) electrons. The quantitative estimate of drug-likeness (QED) is 0.651. The van der Waals surface area contributed by atoms with Gasteiger partial charge in [0.25, 0.3) is 0 Å². The number of rotatable bonds is 8. The highest BCUT2D eigenvalue weighted by atomic mass is 32.2. The number of carboxylic acids is 1. The fraction of sp³-hybridized carbons (Fsp3) is 0.211. The number of carbonyl (C=O) groups is 3. The summed E-state index contributed by atoms with van der Waals surface area (Å²) >= 11 is 0.848. The molecule has 0 spiro atoms. The van der Waals surface area contributed by atoms with Crippen molar-refractivity contribution >= 4 is 28.8 Å². The van der Waals surface area contributed by atoms with E-state index in [2.05, 4.69) is 5.32 Å². The Morgan fingerprint density at radius 2 is 1.58 bits per heavy atom. The molecule has 0 aromatic heterocycles. The van der Waals surface area contributed by atoms with E-state index in [0.29, 0.717) is 12.0 Å². The third kappa shape index (κ3) is 6.02. The first kappa shape index (κ1) is 19.7. The second-order valence-corrected chi connectivity index (χ2v) is 6.65. The Balaban J connectivity index is 1.89. The first-order valence-electron chi connectivity index (χ1n) is 8.02. The van der Waals surface area contributed by atoms with Gasteiger partial charge in [-0.25, -0.2) is 4.79 Å². The molecule has 2 rings (SSSR count). The van der Waals surface area contributed by atoms with E-state index in [4.69, 9.17) is 5.73 Å². The van der Waals surface area contributed by atoms with Gasteiger partial charge < -0.3 is 16.2 Å². The average Bonchev–Trinajstić information content (AvgIpc) is 2.65. The molecule has 2 aromatic rings. The molecule has 1 amide bonds. The number of hydrogen-bond donors (Lipinski definition) is 3. The number of carboxylic acid groups (broad SMARTS) is 1. The summed E-state index contributed by atoms with van der Waals surface area (Å²) in [6, 6.07) is 15.7. The fourth-order valence-electron chi connectivity index (χ4n) is 2.23. The largest absolute Gasteiger partial charge is 0.480 e. The Labute approximate surface area is 155 Å². The van der Waals surface area contributed by atoms with Crippen molar-refractivity contribution in [3.63, 3.8) is 0 Å². The predicted octanol–water partition coefficient (Wildman–Crippen LogP) is 1.70. The van der Waals surface area contributed by atoms with Gasteiger partial charge >= 0.3 is 5.97 Å². The van der Waals surface area contributed by atoms with Crippen molar-refractivity contribution in [2.24, 2.45) is 5.73 Å². The Morgan fingerprint density at radius 3 is 2.15 bits per heavy atom. The van der Waals surface area contributed by atoms with E-state index < -0.39 is 24.0 Å². The van der Waals surface area contributed by atoms with E-state index in [1.807, 2.05) is 30.3 Å². The van der Waals surface area contributed by atoms with Gasteiger partial charge in [0.2, 0.25) is 11.0 Å². The fourth-order valence-corrected chi connectivity index (χ4v) is 3.08. The summed E-state index contributed by atoms with van der Waals surface area (Å²) in [5.41, 5.74) is 7.23. The lowest BCUT2D eigenvalue weighted by molar-refractivity contribution is -0.141. The van der Waals surface area contributed by atoms with Gasteiger partial charge in [0, 0.05) is 11.3 Å². The van der Waals surface area contributed by atoms with Crippen molar-refractivity contribution in [2.75, 3.05) is 5.75 Å². The number of hydrogen-bond acceptors (Lipinski definition) is 5. The van der Waals surface area contributed by atoms with Gasteiger partial charge in [-0.15, -0.1) is 0 Å². The molecular formula is C19H20N2O4S. The normalized spacial score (nSPS) is 12.8. The number of amides is 1. The van der Waals surface area contributed by atoms with Gasteiger partial charge in [0.15, 0.2) is 0 Å². The number of nitrogens with one attached hydrogen (secondary N) is 1. The number of aliphatic carboxylic acids is 1. The van der Waals surface area contributed by atoms with Crippen molar-refractivity contribution in [1.29, 1.82) is 0 Å². The van der Waals surface area contributed by atoms with Crippen LogP contribution in [0, 0.1) is 0 Å². The SMILES string of the molecule is N[C@@H](Cc1ccccc1)C(=O)N[C@@H](CSC(=O)c1ccccc1)C(=O)O. The van der Waals surface area contributed by atoms with E-state index in [-0.39, 0.29) is 10.9 Å². The number of thioether (sulfide) groups is 1. The molecule has 0 fully saturated rings. The van der Waals surface area contributed by atoms with Gasteiger partial charge in [-0.1, -0.05) is 72.4 Å². The topological polar surface area (TPSA) is 109 Å². The summed E-state index contributed by atoms with van der Waals surface area (Å²) in [7, 11) is 0. The molecule has 2 aromatic carbocycles. The van der Waals surface area contributed by atoms with Gasteiger partial charge in [-0.05, 0) is 12.0 Å². The maximum atomic E-state index is 12.2. The van der Waals surface area contributed by atoms with Gasteiger partial charge in [-0.3, -0.25) is 9.59 Å². The second-order valence-electron chi connectivity index (χ2n) is 5.66. The molecule has 6 nitrogen and oxygen atoms in total. The summed E-state index contributed by atoms with van der Waals surface area (Å²) in [4.78, 5) is 35.6. The molecule has 0 aliphatic carbocycles. The van der Waals surface area contributed by atoms with Crippen molar-refractivity contribution in [3.8, 4) is 0 Å². The number of carbonyl (C=O) groups excluding carboxylic acids is 2. The molecule has 4 N–H and O–H groups in total. The highest BCUT2D eigenvalue weighted by Crippen LogP contribution is 2.13. The van der Waals surface area contributed by atoms with Crippen molar-refractivity contribution in [3.05, 3.63) is 71.8 Å². The first-order valence-corrected chi connectivity index (χ1v) is 9.01. The van der Waals surface area contributed by atoms with Crippen LogP contribution in [0.5, 0.6) is 0 Å². The molecule has 136 valence electrons. The van der Waals surface area contributed by atoms with Crippen molar-refractivity contribution < 1.29 is 19.5 Å². The van der Waals surface area contributed by atoms with Crippen LogP contribution in [-0.4, -0.2) is 39.9 Å². The van der Waals surface area contributed by atoms with Gasteiger partial charge in [-0.2, -0.15) is 0 Å². The summed E-state index contributed by atoms with van der Waals surface area (Å²) in [5.74, 6) is -1.85. The van der Waals surface area contributed by atoms with E-state index >= 15 is 0 Å². The molecule has 0 saturated heterocycles. The minimum atomic E-state index is -1.21. The maximum Gasteiger partial charge on any atom is 0.327 e. The highest BCUT2D eigenvalue weighted by molar-refractivity contribution is 8.14. The molecular weight excluding hydrogens is 352 g/mol. The Kier molecular flexibility index (Phi) is 7.37. The Hall–Kier alpha value is -2.64.